The van der Waals surface area contributed by atoms with Crippen LogP contribution in [-0.4, -0.2) is 31.2 Å². The molecule has 4 aromatic rings. The van der Waals surface area contributed by atoms with Crippen LogP contribution in [0.4, 0.5) is 18.9 Å². The maximum absolute atomic E-state index is 12.9. The second-order valence-corrected chi connectivity index (χ2v) is 12.0. The summed E-state index contributed by atoms with van der Waals surface area (Å²) in [6, 6.07) is 19.1. The standard InChI is InChI=1S/C31H30F3N7S2/c1-18-4-13-26-19(2)15-25-16-43-30(41(25)27(26)14-18)36-29(42)38-37-20(3)21-5-7-22(8-6-21)28-35-17-40(39-28)24-11-9-23(10-12-24)31(32,33)34/h4-15,17,19-20,29,37-38,42H,16H2,1-3H3. The molecule has 2 aliphatic rings. The van der Waals surface area contributed by atoms with Crippen molar-refractivity contribution in [1.29, 1.82) is 0 Å². The first kappa shape index (κ1) is 29.5. The first-order chi connectivity index (χ1) is 20.6. The zero-order chi connectivity index (χ0) is 30.3. The van der Waals surface area contributed by atoms with Gasteiger partial charge in [0.25, 0.3) is 0 Å². The third-order valence-corrected chi connectivity index (χ3v) is 8.70. The Balaban J connectivity index is 1.08. The van der Waals surface area contributed by atoms with Gasteiger partial charge < -0.3 is 0 Å². The van der Waals surface area contributed by atoms with Crippen LogP contribution in [0.25, 0.3) is 17.1 Å². The molecule has 12 heteroatoms. The third-order valence-electron chi connectivity index (χ3n) is 7.47. The zero-order valence-corrected chi connectivity index (χ0v) is 25.4. The molecule has 2 aliphatic heterocycles. The quantitative estimate of drug-likeness (QED) is 0.115. The van der Waals surface area contributed by atoms with E-state index in [0.29, 0.717) is 17.4 Å². The minimum Gasteiger partial charge on any atom is -0.293 e. The first-order valence-electron chi connectivity index (χ1n) is 13.8. The van der Waals surface area contributed by atoms with Gasteiger partial charge in [0.1, 0.15) is 6.33 Å². The van der Waals surface area contributed by atoms with Gasteiger partial charge in [0, 0.05) is 29.0 Å². The van der Waals surface area contributed by atoms with Gasteiger partial charge >= 0.3 is 6.18 Å². The van der Waals surface area contributed by atoms with Crippen molar-refractivity contribution in [2.45, 2.75) is 44.4 Å². The summed E-state index contributed by atoms with van der Waals surface area (Å²) in [5.74, 6) is 1.72. The predicted octanol–water partition coefficient (Wildman–Crippen LogP) is 7.24. The normalized spacial score (nSPS) is 18.8. The smallest absolute Gasteiger partial charge is 0.293 e. The number of fused-ring (bicyclic) bond motifs is 3. The lowest BCUT2D eigenvalue weighted by Crippen LogP contribution is -2.39. The molecular formula is C31H30F3N7S2. The molecule has 3 heterocycles. The zero-order valence-electron chi connectivity index (χ0n) is 23.7. The molecule has 3 atom stereocenters. The highest BCUT2D eigenvalue weighted by Crippen LogP contribution is 2.43. The topological polar surface area (TPSA) is 70.4 Å². The molecule has 0 saturated carbocycles. The number of nitrogens with one attached hydrogen (secondary N) is 2. The summed E-state index contributed by atoms with van der Waals surface area (Å²) >= 11 is 6.39. The van der Waals surface area contributed by atoms with Crippen molar-refractivity contribution in [2.24, 2.45) is 4.99 Å². The lowest BCUT2D eigenvalue weighted by Gasteiger charge is -2.30. The fourth-order valence-corrected chi connectivity index (χ4v) is 6.43. The van der Waals surface area contributed by atoms with Crippen LogP contribution in [0, 0.1) is 6.92 Å². The number of anilines is 1. The Labute approximate surface area is 257 Å². The summed E-state index contributed by atoms with van der Waals surface area (Å²) in [6.07, 6.45) is -0.585. The molecule has 0 aliphatic carbocycles. The molecular weight excluding hydrogens is 592 g/mol. The van der Waals surface area contributed by atoms with Gasteiger partial charge in [0.15, 0.2) is 16.5 Å². The predicted molar refractivity (Wildman–Crippen MR) is 169 cm³/mol. The van der Waals surface area contributed by atoms with Gasteiger partial charge in [-0.2, -0.15) is 13.2 Å². The first-order valence-corrected chi connectivity index (χ1v) is 15.3. The van der Waals surface area contributed by atoms with Gasteiger partial charge in [-0.1, -0.05) is 61.2 Å². The van der Waals surface area contributed by atoms with Gasteiger partial charge in [0.05, 0.1) is 16.9 Å². The molecule has 0 spiro atoms. The minimum absolute atomic E-state index is 0.0486. The van der Waals surface area contributed by atoms with E-state index in [-0.39, 0.29) is 6.04 Å². The van der Waals surface area contributed by atoms with Crippen molar-refractivity contribution in [1.82, 2.24) is 25.6 Å². The molecule has 3 aromatic carbocycles. The number of hydrogen-bond acceptors (Lipinski definition) is 7. The number of thioether (sulfide) groups is 1. The van der Waals surface area contributed by atoms with E-state index < -0.39 is 17.2 Å². The summed E-state index contributed by atoms with van der Waals surface area (Å²) in [4.78, 5) is 11.4. The number of allylic oxidation sites excluding steroid dienone is 1. The van der Waals surface area contributed by atoms with Crippen molar-refractivity contribution >= 4 is 35.2 Å². The molecule has 1 fully saturated rings. The summed E-state index contributed by atoms with van der Waals surface area (Å²) < 4.78 is 40.1. The van der Waals surface area contributed by atoms with Gasteiger partial charge in [0.2, 0.25) is 0 Å². The molecule has 43 heavy (non-hydrogen) atoms. The number of aromatic nitrogens is 3. The van der Waals surface area contributed by atoms with Crippen LogP contribution >= 0.6 is 24.4 Å². The number of amidine groups is 1. The fraction of sp³-hybridized carbons (Fsp3) is 0.258. The highest BCUT2D eigenvalue weighted by atomic mass is 32.2. The molecule has 0 bridgehead atoms. The lowest BCUT2D eigenvalue weighted by molar-refractivity contribution is -0.137. The largest absolute Gasteiger partial charge is 0.416 e. The van der Waals surface area contributed by atoms with Gasteiger partial charge in [-0.25, -0.2) is 25.5 Å². The molecule has 3 unspecified atom stereocenters. The number of nitrogens with zero attached hydrogens (tertiary/aromatic N) is 5. The highest BCUT2D eigenvalue weighted by Gasteiger charge is 2.33. The van der Waals surface area contributed by atoms with Crippen LogP contribution in [0.5, 0.6) is 0 Å². The second kappa shape index (κ2) is 11.8. The summed E-state index contributed by atoms with van der Waals surface area (Å²) in [5.41, 5.74) is 12.6. The number of benzene rings is 3. The van der Waals surface area contributed by atoms with Crippen LogP contribution in [0.1, 0.15) is 48.1 Å². The minimum atomic E-state index is -4.38. The van der Waals surface area contributed by atoms with Gasteiger partial charge in [-0.15, -0.1) is 17.7 Å². The van der Waals surface area contributed by atoms with E-state index in [1.54, 1.807) is 11.8 Å². The van der Waals surface area contributed by atoms with Crippen LogP contribution in [0.3, 0.4) is 0 Å². The van der Waals surface area contributed by atoms with E-state index >= 15 is 0 Å². The highest BCUT2D eigenvalue weighted by molar-refractivity contribution is 8.14. The molecule has 0 radical (unpaired) electrons. The molecule has 1 saturated heterocycles. The second-order valence-electron chi connectivity index (χ2n) is 10.6. The van der Waals surface area contributed by atoms with Crippen LogP contribution < -0.4 is 15.8 Å². The number of thiol groups is 1. The van der Waals surface area contributed by atoms with E-state index in [9.17, 15) is 13.2 Å². The Morgan fingerprint density at radius 2 is 1.79 bits per heavy atom. The maximum Gasteiger partial charge on any atom is 0.416 e. The van der Waals surface area contributed by atoms with Gasteiger partial charge in [-0.3, -0.25) is 4.90 Å². The lowest BCUT2D eigenvalue weighted by atomic mass is 9.93. The number of hydrogen-bond donors (Lipinski definition) is 3. The molecule has 222 valence electrons. The Hall–Kier alpha value is -3.58. The summed E-state index contributed by atoms with van der Waals surface area (Å²) in [5, 5.41) is 5.36. The van der Waals surface area contributed by atoms with Crippen molar-refractivity contribution in [3.8, 4) is 17.1 Å². The Morgan fingerprint density at radius 3 is 2.51 bits per heavy atom. The monoisotopic (exact) mass is 621 g/mol. The number of aliphatic imine (C=N–C) groups is 1. The molecule has 0 amide bonds. The fourth-order valence-electron chi connectivity index (χ4n) is 5.14. The molecule has 2 N–H and O–H groups in total. The van der Waals surface area contributed by atoms with E-state index in [1.165, 1.54) is 45.7 Å². The van der Waals surface area contributed by atoms with Crippen molar-refractivity contribution in [3.05, 3.63) is 107 Å². The van der Waals surface area contributed by atoms with E-state index in [4.69, 9.17) is 4.99 Å². The SMILES string of the molecule is Cc1ccc2c(c1)N1C(=CC2C)CSC1=NC(S)NNC(C)c1ccc(-c2ncn(-c3ccc(C(F)(F)F)cc3)n2)cc1. The Bertz CT molecular complexity index is 1680. The number of alkyl halides is 3. The Kier molecular flexibility index (Phi) is 8.12. The number of hydrazine groups is 1. The molecule has 7 nitrogen and oxygen atoms in total. The van der Waals surface area contributed by atoms with E-state index in [0.717, 1.165) is 34.2 Å². The van der Waals surface area contributed by atoms with Crippen molar-refractivity contribution < 1.29 is 13.2 Å². The summed E-state index contributed by atoms with van der Waals surface area (Å²) in [7, 11) is 0. The van der Waals surface area contributed by atoms with Crippen molar-refractivity contribution in [2.75, 3.05) is 10.7 Å². The molecule has 1 aromatic heterocycles. The van der Waals surface area contributed by atoms with Crippen molar-refractivity contribution in [3.63, 3.8) is 0 Å². The molecule has 6 rings (SSSR count). The number of rotatable bonds is 7. The van der Waals surface area contributed by atoms with Crippen LogP contribution in [0.15, 0.2) is 89.8 Å². The van der Waals surface area contributed by atoms with Crippen LogP contribution in [-0.2, 0) is 6.18 Å². The number of aryl methyl sites for hydroxylation is 1. The van der Waals surface area contributed by atoms with Crippen LogP contribution in [0.2, 0.25) is 0 Å². The summed E-state index contributed by atoms with van der Waals surface area (Å²) in [6.45, 7) is 6.37. The average molecular weight is 622 g/mol. The average Bonchev–Trinajstić information content (AvgIpc) is 3.63. The number of halogens is 3. The third kappa shape index (κ3) is 6.23. The maximum atomic E-state index is 12.9. The van der Waals surface area contributed by atoms with E-state index in [2.05, 4.69) is 76.6 Å². The van der Waals surface area contributed by atoms with Gasteiger partial charge in [-0.05, 0) is 60.9 Å². The van der Waals surface area contributed by atoms with E-state index in [1.807, 2.05) is 31.2 Å². The Morgan fingerprint density at radius 1 is 1.05 bits per heavy atom.